The molecule has 0 unspecified atom stereocenters. The summed E-state index contributed by atoms with van der Waals surface area (Å²) >= 11 is 3.22. The first-order chi connectivity index (χ1) is 16.3. The average Bonchev–Trinajstić information content (AvgIpc) is 2.82. The van der Waals surface area contributed by atoms with Crippen molar-refractivity contribution >= 4 is 38.3 Å². The van der Waals surface area contributed by atoms with E-state index in [-0.39, 0.29) is 24.3 Å². The van der Waals surface area contributed by atoms with Crippen LogP contribution >= 0.6 is 15.9 Å². The normalized spacial score (nSPS) is 11.6. The molecule has 34 heavy (non-hydrogen) atoms. The molecule has 172 valence electrons. The SMILES string of the molecule is C/C(=N\NC(=O)Cc1nn(Cc2ccc(Br)cc2F)c(=O)c2ccccc12)c1ccccc1O. The van der Waals surface area contributed by atoms with Gasteiger partial charge in [0.15, 0.2) is 0 Å². The van der Waals surface area contributed by atoms with Crippen molar-refractivity contribution in [2.24, 2.45) is 5.10 Å². The first-order valence-corrected chi connectivity index (χ1v) is 11.2. The van der Waals surface area contributed by atoms with Crippen LogP contribution < -0.4 is 11.0 Å². The van der Waals surface area contributed by atoms with Crippen LogP contribution in [-0.2, 0) is 17.8 Å². The first kappa shape index (κ1) is 23.3. The number of nitrogens with one attached hydrogen (secondary N) is 1. The topological polar surface area (TPSA) is 96.6 Å². The molecule has 0 fully saturated rings. The average molecular weight is 523 g/mol. The zero-order valence-corrected chi connectivity index (χ0v) is 19.7. The Morgan fingerprint density at radius 1 is 1.12 bits per heavy atom. The number of amides is 1. The minimum Gasteiger partial charge on any atom is -0.507 e. The van der Waals surface area contributed by atoms with Gasteiger partial charge in [-0.1, -0.05) is 52.3 Å². The Bertz CT molecular complexity index is 1480. The minimum atomic E-state index is -0.468. The van der Waals surface area contributed by atoms with E-state index in [4.69, 9.17) is 0 Å². The van der Waals surface area contributed by atoms with E-state index < -0.39 is 11.7 Å². The molecule has 0 aliphatic carbocycles. The van der Waals surface area contributed by atoms with Gasteiger partial charge in [0.2, 0.25) is 5.91 Å². The number of carbonyl (C=O) groups excluding carboxylic acids is 1. The van der Waals surface area contributed by atoms with Gasteiger partial charge in [-0.2, -0.15) is 10.2 Å². The van der Waals surface area contributed by atoms with Crippen LogP contribution in [0.2, 0.25) is 0 Å². The fourth-order valence-electron chi connectivity index (χ4n) is 3.53. The van der Waals surface area contributed by atoms with Gasteiger partial charge in [-0.25, -0.2) is 14.5 Å². The largest absolute Gasteiger partial charge is 0.507 e. The Hall–Kier alpha value is -3.85. The van der Waals surface area contributed by atoms with E-state index >= 15 is 0 Å². The van der Waals surface area contributed by atoms with Crippen molar-refractivity contribution in [3.63, 3.8) is 0 Å². The summed E-state index contributed by atoms with van der Waals surface area (Å²) in [4.78, 5) is 25.6. The quantitative estimate of drug-likeness (QED) is 0.294. The van der Waals surface area contributed by atoms with E-state index in [1.54, 1.807) is 61.5 Å². The molecular formula is C25H20BrFN4O3. The molecule has 0 atom stereocenters. The molecule has 0 aliphatic rings. The Kier molecular flexibility index (Phi) is 6.83. The summed E-state index contributed by atoms with van der Waals surface area (Å²) in [6.45, 7) is 1.58. The highest BCUT2D eigenvalue weighted by Crippen LogP contribution is 2.18. The standard InChI is InChI=1S/C25H20BrFN4O3/c1-15(18-6-4-5-9-23(18)32)28-29-24(33)13-22-19-7-2-3-8-20(19)25(34)31(30-22)14-16-10-11-17(26)12-21(16)27/h2-12,32H,13-14H2,1H3,(H,29,33)/b28-15+. The van der Waals surface area contributed by atoms with Crippen LogP contribution in [0.1, 0.15) is 23.7 Å². The van der Waals surface area contributed by atoms with E-state index in [1.807, 2.05) is 0 Å². The van der Waals surface area contributed by atoms with Gasteiger partial charge in [-0.15, -0.1) is 0 Å². The maximum Gasteiger partial charge on any atom is 0.274 e. The molecule has 0 saturated carbocycles. The number of hydrazone groups is 1. The van der Waals surface area contributed by atoms with Crippen LogP contribution in [0.3, 0.4) is 0 Å². The summed E-state index contributed by atoms with van der Waals surface area (Å²) in [6, 6.07) is 18.1. The number of aromatic hydroxyl groups is 1. The second kappa shape index (κ2) is 9.96. The van der Waals surface area contributed by atoms with Crippen molar-refractivity contribution in [3.8, 4) is 5.75 Å². The molecule has 2 N–H and O–H groups in total. The summed E-state index contributed by atoms with van der Waals surface area (Å²) in [5.41, 5.74) is 3.67. The molecule has 7 nitrogen and oxygen atoms in total. The molecule has 0 aliphatic heterocycles. The second-order valence-electron chi connectivity index (χ2n) is 7.62. The molecule has 9 heteroatoms. The number of hydrogen-bond acceptors (Lipinski definition) is 5. The third-order valence-corrected chi connectivity index (χ3v) is 5.74. The van der Waals surface area contributed by atoms with Gasteiger partial charge < -0.3 is 5.11 Å². The van der Waals surface area contributed by atoms with E-state index in [2.05, 4.69) is 31.6 Å². The van der Waals surface area contributed by atoms with Crippen LogP contribution in [0, 0.1) is 5.82 Å². The third kappa shape index (κ3) is 5.04. The van der Waals surface area contributed by atoms with Crippen LogP contribution in [0.25, 0.3) is 10.8 Å². The van der Waals surface area contributed by atoms with Gasteiger partial charge in [-0.05, 0) is 37.3 Å². The molecule has 0 radical (unpaired) electrons. The predicted octanol–water partition coefficient (Wildman–Crippen LogP) is 4.13. The van der Waals surface area contributed by atoms with Crippen molar-refractivity contribution in [2.75, 3.05) is 0 Å². The highest BCUT2D eigenvalue weighted by molar-refractivity contribution is 9.10. The summed E-state index contributed by atoms with van der Waals surface area (Å²) in [6.07, 6.45) is -0.152. The van der Waals surface area contributed by atoms with Crippen LogP contribution in [-0.4, -0.2) is 26.5 Å². The molecular weight excluding hydrogens is 503 g/mol. The minimum absolute atomic E-state index is 0.0536. The third-order valence-electron chi connectivity index (χ3n) is 5.25. The molecule has 0 bridgehead atoms. The molecule has 4 aromatic rings. The lowest BCUT2D eigenvalue weighted by Gasteiger charge is -2.12. The summed E-state index contributed by atoms with van der Waals surface area (Å²) < 4.78 is 16.1. The lowest BCUT2D eigenvalue weighted by atomic mass is 10.1. The van der Waals surface area contributed by atoms with Crippen molar-refractivity contribution in [1.82, 2.24) is 15.2 Å². The fourth-order valence-corrected chi connectivity index (χ4v) is 3.87. The molecule has 4 rings (SSSR count). The Labute approximate surface area is 202 Å². The number of rotatable bonds is 6. The number of aromatic nitrogens is 2. The van der Waals surface area contributed by atoms with Crippen LogP contribution in [0.4, 0.5) is 4.39 Å². The van der Waals surface area contributed by atoms with Gasteiger partial charge in [0.1, 0.15) is 11.6 Å². The highest BCUT2D eigenvalue weighted by Gasteiger charge is 2.15. The number of fused-ring (bicyclic) bond motifs is 1. The number of hydrogen-bond donors (Lipinski definition) is 2. The number of nitrogens with zero attached hydrogens (tertiary/aromatic N) is 3. The lowest BCUT2D eigenvalue weighted by Crippen LogP contribution is -2.28. The van der Waals surface area contributed by atoms with Gasteiger partial charge >= 0.3 is 0 Å². The van der Waals surface area contributed by atoms with E-state index in [9.17, 15) is 19.1 Å². The van der Waals surface area contributed by atoms with E-state index in [0.717, 1.165) is 4.68 Å². The van der Waals surface area contributed by atoms with Gasteiger partial charge in [-0.3, -0.25) is 9.59 Å². The van der Waals surface area contributed by atoms with Crippen molar-refractivity contribution in [3.05, 3.63) is 104 Å². The Balaban J connectivity index is 1.63. The molecule has 1 amide bonds. The highest BCUT2D eigenvalue weighted by atomic mass is 79.9. The summed E-state index contributed by atoms with van der Waals surface area (Å²) in [5.74, 6) is -0.866. The molecule has 0 spiro atoms. The van der Waals surface area contributed by atoms with Gasteiger partial charge in [0, 0.05) is 21.0 Å². The number of phenolic OH excluding ortho intramolecular Hbond substituents is 1. The van der Waals surface area contributed by atoms with Crippen LogP contribution in [0.5, 0.6) is 5.75 Å². The monoisotopic (exact) mass is 522 g/mol. The zero-order valence-electron chi connectivity index (χ0n) is 18.1. The van der Waals surface area contributed by atoms with Gasteiger partial charge in [0.25, 0.3) is 5.56 Å². The summed E-state index contributed by atoms with van der Waals surface area (Å²) in [7, 11) is 0. The molecule has 3 aromatic carbocycles. The maximum absolute atomic E-state index is 14.4. The van der Waals surface area contributed by atoms with Crippen LogP contribution in [0.15, 0.2) is 81.1 Å². The molecule has 1 aromatic heterocycles. The number of para-hydroxylation sites is 1. The predicted molar refractivity (Wildman–Crippen MR) is 131 cm³/mol. The number of phenols is 1. The van der Waals surface area contributed by atoms with E-state index in [0.29, 0.717) is 37.8 Å². The van der Waals surface area contributed by atoms with Crippen molar-refractivity contribution < 1.29 is 14.3 Å². The Morgan fingerprint density at radius 2 is 1.82 bits per heavy atom. The van der Waals surface area contributed by atoms with Crippen molar-refractivity contribution in [2.45, 2.75) is 19.9 Å². The number of carbonyl (C=O) groups is 1. The van der Waals surface area contributed by atoms with E-state index in [1.165, 1.54) is 12.1 Å². The number of halogens is 2. The molecule has 0 saturated heterocycles. The molecule has 1 heterocycles. The summed E-state index contributed by atoms with van der Waals surface area (Å²) in [5, 5.41) is 19.3. The first-order valence-electron chi connectivity index (χ1n) is 10.4. The lowest BCUT2D eigenvalue weighted by molar-refractivity contribution is -0.120. The second-order valence-corrected chi connectivity index (χ2v) is 8.53. The number of benzene rings is 3. The fraction of sp³-hybridized carbons (Fsp3) is 0.120. The van der Waals surface area contributed by atoms with Gasteiger partial charge in [0.05, 0.1) is 29.8 Å². The smallest absolute Gasteiger partial charge is 0.274 e. The Morgan fingerprint density at radius 3 is 2.56 bits per heavy atom. The van der Waals surface area contributed by atoms with Crippen molar-refractivity contribution in [1.29, 1.82) is 0 Å². The zero-order chi connectivity index (χ0) is 24.2. The maximum atomic E-state index is 14.4.